The number of unbranched alkanes of at least 4 members (excludes halogenated alkanes) is 1. The van der Waals surface area contributed by atoms with Crippen molar-refractivity contribution in [2.75, 3.05) is 18.6 Å². The van der Waals surface area contributed by atoms with E-state index in [1.807, 2.05) is 23.5 Å². The Morgan fingerprint density at radius 1 is 1.44 bits per heavy atom. The maximum Gasteiger partial charge on any atom is 0.0625 e. The van der Waals surface area contributed by atoms with Crippen LogP contribution in [0.3, 0.4) is 0 Å². The van der Waals surface area contributed by atoms with Gasteiger partial charge in [-0.3, -0.25) is 4.68 Å². The van der Waals surface area contributed by atoms with Gasteiger partial charge in [-0.15, -0.1) is 0 Å². The minimum absolute atomic E-state index is 0.933. The molecule has 1 aromatic heterocycles. The van der Waals surface area contributed by atoms with Crippen LogP contribution in [0, 0.1) is 0 Å². The molecule has 1 heterocycles. The van der Waals surface area contributed by atoms with Crippen molar-refractivity contribution in [1.82, 2.24) is 15.1 Å². The van der Waals surface area contributed by atoms with Gasteiger partial charge in [0.1, 0.15) is 0 Å². The van der Waals surface area contributed by atoms with E-state index in [4.69, 9.17) is 0 Å². The van der Waals surface area contributed by atoms with Gasteiger partial charge in [-0.2, -0.15) is 16.9 Å². The molecule has 1 N–H and O–H groups in total. The number of hydrogen-bond donors (Lipinski definition) is 1. The molecule has 0 spiro atoms. The van der Waals surface area contributed by atoms with Crippen molar-refractivity contribution >= 4 is 11.8 Å². The predicted molar refractivity (Wildman–Crippen MR) is 71.9 cm³/mol. The molecule has 3 nitrogen and oxygen atoms in total. The van der Waals surface area contributed by atoms with Gasteiger partial charge in [0, 0.05) is 13.6 Å². The lowest BCUT2D eigenvalue weighted by atomic mass is 10.3. The fraction of sp³-hybridized carbons (Fsp3) is 0.750. The van der Waals surface area contributed by atoms with E-state index < -0.39 is 0 Å². The first-order chi connectivity index (χ1) is 7.77. The van der Waals surface area contributed by atoms with Crippen LogP contribution in [0.4, 0.5) is 0 Å². The standard InChI is InChI=1S/C12H23N3S/c1-4-11-9-12(15(2)14-11)10-13-7-5-6-8-16-3/h9,13H,4-8,10H2,1-3H3. The van der Waals surface area contributed by atoms with Gasteiger partial charge in [-0.25, -0.2) is 0 Å². The lowest BCUT2D eigenvalue weighted by Crippen LogP contribution is -2.17. The molecule has 0 aliphatic rings. The summed E-state index contributed by atoms with van der Waals surface area (Å²) in [5, 5.41) is 7.90. The Morgan fingerprint density at radius 3 is 2.88 bits per heavy atom. The van der Waals surface area contributed by atoms with Crippen molar-refractivity contribution in [3.63, 3.8) is 0 Å². The van der Waals surface area contributed by atoms with E-state index in [0.29, 0.717) is 0 Å². The summed E-state index contributed by atoms with van der Waals surface area (Å²) < 4.78 is 1.98. The minimum Gasteiger partial charge on any atom is -0.311 e. The first kappa shape index (κ1) is 13.6. The molecule has 4 heteroatoms. The molecule has 0 aliphatic heterocycles. The highest BCUT2D eigenvalue weighted by atomic mass is 32.2. The lowest BCUT2D eigenvalue weighted by Gasteiger charge is -2.04. The summed E-state index contributed by atoms with van der Waals surface area (Å²) >= 11 is 1.92. The number of nitrogens with one attached hydrogen (secondary N) is 1. The molecule has 1 rings (SSSR count). The van der Waals surface area contributed by atoms with E-state index in [-0.39, 0.29) is 0 Å². The molecule has 0 atom stereocenters. The quantitative estimate of drug-likeness (QED) is 0.708. The average Bonchev–Trinajstić information content (AvgIpc) is 2.65. The Kier molecular flexibility index (Phi) is 6.57. The number of aryl methyl sites for hydroxylation is 2. The third kappa shape index (κ3) is 4.58. The van der Waals surface area contributed by atoms with Crippen molar-refractivity contribution < 1.29 is 0 Å². The average molecular weight is 241 g/mol. The van der Waals surface area contributed by atoms with E-state index in [2.05, 4.69) is 29.7 Å². The molecule has 0 saturated carbocycles. The van der Waals surface area contributed by atoms with Gasteiger partial charge in [-0.1, -0.05) is 6.92 Å². The highest BCUT2D eigenvalue weighted by molar-refractivity contribution is 7.98. The van der Waals surface area contributed by atoms with Crippen molar-refractivity contribution in [2.45, 2.75) is 32.7 Å². The topological polar surface area (TPSA) is 29.9 Å². The third-order valence-corrected chi connectivity index (χ3v) is 3.34. The fourth-order valence-corrected chi connectivity index (χ4v) is 2.12. The van der Waals surface area contributed by atoms with Crippen LogP contribution >= 0.6 is 11.8 Å². The first-order valence-corrected chi connectivity index (χ1v) is 7.38. The third-order valence-electron chi connectivity index (χ3n) is 2.65. The van der Waals surface area contributed by atoms with Crippen molar-refractivity contribution in [3.8, 4) is 0 Å². The fourth-order valence-electron chi connectivity index (χ4n) is 1.62. The smallest absolute Gasteiger partial charge is 0.0625 e. The van der Waals surface area contributed by atoms with Crippen LogP contribution in [0.15, 0.2) is 6.07 Å². The Balaban J connectivity index is 2.18. The summed E-state index contributed by atoms with van der Waals surface area (Å²) in [6.07, 6.45) is 5.75. The van der Waals surface area contributed by atoms with Crippen molar-refractivity contribution in [3.05, 3.63) is 17.5 Å². The monoisotopic (exact) mass is 241 g/mol. The van der Waals surface area contributed by atoms with Gasteiger partial charge in [-0.05, 0) is 43.9 Å². The molecular formula is C12H23N3S. The van der Waals surface area contributed by atoms with Gasteiger partial charge in [0.2, 0.25) is 0 Å². The number of nitrogens with zero attached hydrogens (tertiary/aromatic N) is 2. The van der Waals surface area contributed by atoms with Crippen LogP contribution < -0.4 is 5.32 Å². The molecule has 0 amide bonds. The molecule has 0 aliphatic carbocycles. The Bertz CT molecular complexity index is 296. The van der Waals surface area contributed by atoms with Gasteiger partial charge < -0.3 is 5.32 Å². The Morgan fingerprint density at radius 2 is 2.25 bits per heavy atom. The molecule has 0 fully saturated rings. The van der Waals surface area contributed by atoms with E-state index in [1.165, 1.54) is 30.0 Å². The predicted octanol–water partition coefficient (Wildman–Crippen LogP) is 2.22. The lowest BCUT2D eigenvalue weighted by molar-refractivity contribution is 0.602. The zero-order valence-electron chi connectivity index (χ0n) is 10.6. The van der Waals surface area contributed by atoms with E-state index in [9.17, 15) is 0 Å². The Labute approximate surface area is 103 Å². The summed E-state index contributed by atoms with van der Waals surface area (Å²) in [7, 11) is 2.02. The summed E-state index contributed by atoms with van der Waals surface area (Å²) in [5.41, 5.74) is 2.46. The van der Waals surface area contributed by atoms with Crippen LogP contribution in [0.5, 0.6) is 0 Å². The Hall–Kier alpha value is -0.480. The van der Waals surface area contributed by atoms with Gasteiger partial charge in [0.25, 0.3) is 0 Å². The SMILES string of the molecule is CCc1cc(CNCCCCSC)n(C)n1. The summed E-state index contributed by atoms with van der Waals surface area (Å²) in [5.74, 6) is 1.27. The maximum atomic E-state index is 4.43. The highest BCUT2D eigenvalue weighted by Crippen LogP contribution is 2.03. The molecule has 0 bridgehead atoms. The van der Waals surface area contributed by atoms with Crippen LogP contribution in [0.25, 0.3) is 0 Å². The number of rotatable bonds is 8. The maximum absolute atomic E-state index is 4.43. The second kappa shape index (κ2) is 7.74. The van der Waals surface area contributed by atoms with E-state index in [1.54, 1.807) is 0 Å². The molecule has 0 aromatic carbocycles. The zero-order valence-corrected chi connectivity index (χ0v) is 11.4. The van der Waals surface area contributed by atoms with Crippen LogP contribution in [-0.2, 0) is 20.0 Å². The molecule has 1 aromatic rings. The normalized spacial score (nSPS) is 10.9. The summed E-state index contributed by atoms with van der Waals surface area (Å²) in [6, 6.07) is 2.19. The molecule has 0 saturated heterocycles. The minimum atomic E-state index is 0.933. The van der Waals surface area contributed by atoms with Crippen LogP contribution in [0.2, 0.25) is 0 Å². The second-order valence-corrected chi connectivity index (χ2v) is 4.97. The molecule has 92 valence electrons. The number of aromatic nitrogens is 2. The molecular weight excluding hydrogens is 218 g/mol. The van der Waals surface area contributed by atoms with E-state index >= 15 is 0 Å². The second-order valence-electron chi connectivity index (χ2n) is 3.98. The number of thioether (sulfide) groups is 1. The molecule has 16 heavy (non-hydrogen) atoms. The first-order valence-electron chi connectivity index (χ1n) is 5.99. The zero-order chi connectivity index (χ0) is 11.8. The molecule has 0 unspecified atom stereocenters. The van der Waals surface area contributed by atoms with Crippen molar-refractivity contribution in [1.29, 1.82) is 0 Å². The highest BCUT2D eigenvalue weighted by Gasteiger charge is 2.02. The molecule has 0 radical (unpaired) electrons. The van der Waals surface area contributed by atoms with Gasteiger partial charge in [0.15, 0.2) is 0 Å². The summed E-state index contributed by atoms with van der Waals surface area (Å²) in [6.45, 7) is 4.18. The van der Waals surface area contributed by atoms with Gasteiger partial charge in [0.05, 0.1) is 11.4 Å². The van der Waals surface area contributed by atoms with Crippen molar-refractivity contribution in [2.24, 2.45) is 7.05 Å². The largest absolute Gasteiger partial charge is 0.311 e. The van der Waals surface area contributed by atoms with E-state index in [0.717, 1.165) is 19.5 Å². The van der Waals surface area contributed by atoms with Gasteiger partial charge >= 0.3 is 0 Å². The number of hydrogen-bond acceptors (Lipinski definition) is 3. The summed E-state index contributed by atoms with van der Waals surface area (Å²) in [4.78, 5) is 0. The van der Waals surface area contributed by atoms with Crippen LogP contribution in [-0.4, -0.2) is 28.3 Å². The van der Waals surface area contributed by atoms with Crippen LogP contribution in [0.1, 0.15) is 31.2 Å².